The first-order chi connectivity index (χ1) is 19.0. The van der Waals surface area contributed by atoms with Crippen molar-refractivity contribution >= 4 is 17.4 Å². The van der Waals surface area contributed by atoms with Gasteiger partial charge in [-0.05, 0) is 60.9 Å². The van der Waals surface area contributed by atoms with E-state index in [2.05, 4.69) is 0 Å². The van der Waals surface area contributed by atoms with Crippen LogP contribution in [0, 0.1) is 0 Å². The van der Waals surface area contributed by atoms with Crippen molar-refractivity contribution < 1.29 is 33.6 Å². The molecule has 3 aromatic carbocycles. The molecule has 0 aromatic heterocycles. The van der Waals surface area contributed by atoms with Gasteiger partial charge < -0.3 is 29.0 Å². The highest BCUT2D eigenvalue weighted by Crippen LogP contribution is 2.42. The molecule has 1 aliphatic heterocycles. The molecular weight excluding hydrogens is 498 g/mol. The number of amides is 1. The molecule has 39 heavy (non-hydrogen) atoms. The van der Waals surface area contributed by atoms with E-state index in [0.29, 0.717) is 54.6 Å². The number of hydrogen-bond acceptors (Lipinski definition) is 7. The van der Waals surface area contributed by atoms with Gasteiger partial charge in [0.1, 0.15) is 18.1 Å². The molecule has 204 valence electrons. The van der Waals surface area contributed by atoms with Crippen molar-refractivity contribution in [3.05, 3.63) is 95.1 Å². The standard InChI is InChI=1S/C31H33NO7/c1-4-38-26-19-23(13-16-25(26)39-20-21-9-6-5-7-10-21)28-27(29(33)22-11-14-24(37-3)15-12-22)30(34)31(35)32(28)17-8-18-36-2/h5-7,9-16,19,28,33H,4,8,17-18,20H2,1-3H3. The summed E-state index contributed by atoms with van der Waals surface area (Å²) in [5.41, 5.74) is 2.05. The average molecular weight is 532 g/mol. The van der Waals surface area contributed by atoms with Crippen LogP contribution < -0.4 is 14.2 Å². The molecule has 0 bridgehead atoms. The van der Waals surface area contributed by atoms with Gasteiger partial charge >= 0.3 is 0 Å². The zero-order valence-corrected chi connectivity index (χ0v) is 22.4. The molecule has 1 unspecified atom stereocenters. The summed E-state index contributed by atoms with van der Waals surface area (Å²) in [6.07, 6.45) is 0.527. The van der Waals surface area contributed by atoms with Crippen LogP contribution in [-0.4, -0.2) is 55.7 Å². The lowest BCUT2D eigenvalue weighted by atomic mass is 9.95. The molecule has 1 saturated heterocycles. The number of carbonyl (C=O) groups is 2. The van der Waals surface area contributed by atoms with Crippen molar-refractivity contribution in [2.24, 2.45) is 0 Å². The molecule has 1 amide bonds. The number of ketones is 1. The van der Waals surface area contributed by atoms with Crippen LogP contribution in [-0.2, 0) is 20.9 Å². The molecular formula is C31H33NO7. The maximum atomic E-state index is 13.3. The van der Waals surface area contributed by atoms with Gasteiger partial charge in [-0.15, -0.1) is 0 Å². The molecule has 8 heteroatoms. The molecule has 1 fully saturated rings. The fourth-order valence-corrected chi connectivity index (χ4v) is 4.56. The smallest absolute Gasteiger partial charge is 0.295 e. The summed E-state index contributed by atoms with van der Waals surface area (Å²) < 4.78 is 22.3. The van der Waals surface area contributed by atoms with Crippen LogP contribution in [0.25, 0.3) is 5.76 Å². The second-order valence-electron chi connectivity index (χ2n) is 8.98. The SMILES string of the molecule is CCOc1cc(C2C(=C(O)c3ccc(OC)cc3)C(=O)C(=O)N2CCCOC)ccc1OCc1ccccc1. The largest absolute Gasteiger partial charge is 0.507 e. The van der Waals surface area contributed by atoms with Gasteiger partial charge in [-0.25, -0.2) is 0 Å². The molecule has 0 saturated carbocycles. The number of benzene rings is 3. The quantitative estimate of drug-likeness (QED) is 0.150. The normalized spacial score (nSPS) is 16.4. The summed E-state index contributed by atoms with van der Waals surface area (Å²) in [5, 5.41) is 11.3. The number of aliphatic hydroxyl groups is 1. The van der Waals surface area contributed by atoms with Crippen LogP contribution in [0.1, 0.15) is 36.1 Å². The Labute approximate surface area is 228 Å². The van der Waals surface area contributed by atoms with E-state index in [1.807, 2.05) is 37.3 Å². The highest BCUT2D eigenvalue weighted by molar-refractivity contribution is 6.46. The Kier molecular flexibility index (Phi) is 9.22. The minimum Gasteiger partial charge on any atom is -0.507 e. The topological polar surface area (TPSA) is 94.5 Å². The summed E-state index contributed by atoms with van der Waals surface area (Å²) in [5.74, 6) is -0.0383. The Bertz CT molecular complexity index is 1320. The number of likely N-dealkylation sites (tertiary alicyclic amines) is 1. The molecule has 1 aliphatic rings. The molecule has 1 heterocycles. The Morgan fingerprint density at radius 3 is 2.33 bits per heavy atom. The highest BCUT2D eigenvalue weighted by atomic mass is 16.5. The number of methoxy groups -OCH3 is 2. The number of carbonyl (C=O) groups excluding carboxylic acids is 2. The molecule has 8 nitrogen and oxygen atoms in total. The van der Waals surface area contributed by atoms with Crippen molar-refractivity contribution in [1.82, 2.24) is 4.90 Å². The fraction of sp³-hybridized carbons (Fsp3) is 0.290. The molecule has 0 radical (unpaired) electrons. The maximum absolute atomic E-state index is 13.3. The van der Waals surface area contributed by atoms with E-state index in [0.717, 1.165) is 5.56 Å². The van der Waals surface area contributed by atoms with E-state index in [1.165, 1.54) is 4.90 Å². The fourth-order valence-electron chi connectivity index (χ4n) is 4.56. The van der Waals surface area contributed by atoms with Crippen LogP contribution >= 0.6 is 0 Å². The zero-order valence-electron chi connectivity index (χ0n) is 22.4. The lowest BCUT2D eigenvalue weighted by molar-refractivity contribution is -0.140. The van der Waals surface area contributed by atoms with Crippen LogP contribution in [0.2, 0.25) is 0 Å². The lowest BCUT2D eigenvalue weighted by Crippen LogP contribution is -2.31. The van der Waals surface area contributed by atoms with Crippen LogP contribution in [0.3, 0.4) is 0 Å². The maximum Gasteiger partial charge on any atom is 0.295 e. The van der Waals surface area contributed by atoms with Gasteiger partial charge in [0, 0.05) is 25.8 Å². The van der Waals surface area contributed by atoms with Crippen molar-refractivity contribution in [3.63, 3.8) is 0 Å². The van der Waals surface area contributed by atoms with Gasteiger partial charge in [-0.1, -0.05) is 36.4 Å². The van der Waals surface area contributed by atoms with E-state index in [1.54, 1.807) is 56.7 Å². The lowest BCUT2D eigenvalue weighted by Gasteiger charge is -2.26. The number of hydrogen-bond donors (Lipinski definition) is 1. The molecule has 0 spiro atoms. The summed E-state index contributed by atoms with van der Waals surface area (Å²) in [6, 6.07) is 21.0. The summed E-state index contributed by atoms with van der Waals surface area (Å²) in [7, 11) is 3.13. The van der Waals surface area contributed by atoms with E-state index in [-0.39, 0.29) is 17.9 Å². The number of aliphatic hydroxyl groups excluding tert-OH is 1. The highest BCUT2D eigenvalue weighted by Gasteiger charge is 2.46. The second kappa shape index (κ2) is 13.0. The number of ether oxygens (including phenoxy) is 4. The minimum atomic E-state index is -0.814. The first-order valence-electron chi connectivity index (χ1n) is 12.8. The summed E-state index contributed by atoms with van der Waals surface area (Å²) >= 11 is 0. The Hall–Kier alpha value is -4.30. The monoisotopic (exact) mass is 531 g/mol. The van der Waals surface area contributed by atoms with Crippen molar-refractivity contribution in [2.45, 2.75) is 26.0 Å². The zero-order chi connectivity index (χ0) is 27.8. The number of nitrogens with zero attached hydrogens (tertiary/aromatic N) is 1. The van der Waals surface area contributed by atoms with Gasteiger partial charge in [0.05, 0.1) is 25.3 Å². The van der Waals surface area contributed by atoms with Crippen LogP contribution in [0.15, 0.2) is 78.4 Å². The average Bonchev–Trinajstić information content (AvgIpc) is 3.22. The van der Waals surface area contributed by atoms with Crippen molar-refractivity contribution in [2.75, 3.05) is 34.0 Å². The van der Waals surface area contributed by atoms with Crippen LogP contribution in [0.5, 0.6) is 17.2 Å². The Balaban J connectivity index is 1.75. The van der Waals surface area contributed by atoms with E-state index in [4.69, 9.17) is 18.9 Å². The van der Waals surface area contributed by atoms with Gasteiger partial charge in [0.2, 0.25) is 0 Å². The third kappa shape index (κ3) is 6.23. The van der Waals surface area contributed by atoms with Crippen molar-refractivity contribution in [1.29, 1.82) is 0 Å². The van der Waals surface area contributed by atoms with Gasteiger partial charge in [0.15, 0.2) is 11.5 Å². The summed E-state index contributed by atoms with van der Waals surface area (Å²) in [4.78, 5) is 27.9. The first kappa shape index (κ1) is 27.7. The van der Waals surface area contributed by atoms with E-state index >= 15 is 0 Å². The Morgan fingerprint density at radius 1 is 0.923 bits per heavy atom. The van der Waals surface area contributed by atoms with Gasteiger partial charge in [0.25, 0.3) is 11.7 Å². The van der Waals surface area contributed by atoms with Gasteiger partial charge in [-0.3, -0.25) is 9.59 Å². The third-order valence-electron chi connectivity index (χ3n) is 6.47. The molecule has 4 rings (SSSR count). The predicted molar refractivity (Wildman–Crippen MR) is 147 cm³/mol. The molecule has 0 aliphatic carbocycles. The predicted octanol–water partition coefficient (Wildman–Crippen LogP) is 5.13. The number of Topliss-reactive ketones (excluding diaryl/α,β-unsaturated/α-hetero) is 1. The summed E-state index contributed by atoms with van der Waals surface area (Å²) in [6.45, 7) is 3.32. The van der Waals surface area contributed by atoms with E-state index in [9.17, 15) is 14.7 Å². The second-order valence-corrected chi connectivity index (χ2v) is 8.98. The van der Waals surface area contributed by atoms with Crippen LogP contribution in [0.4, 0.5) is 0 Å². The minimum absolute atomic E-state index is 0.0167. The molecule has 1 atom stereocenters. The third-order valence-corrected chi connectivity index (χ3v) is 6.47. The molecule has 3 aromatic rings. The Morgan fingerprint density at radius 2 is 1.67 bits per heavy atom. The molecule has 1 N–H and O–H groups in total. The first-order valence-corrected chi connectivity index (χ1v) is 12.8. The van der Waals surface area contributed by atoms with Gasteiger partial charge in [-0.2, -0.15) is 0 Å². The number of rotatable bonds is 12. The van der Waals surface area contributed by atoms with Crippen molar-refractivity contribution in [3.8, 4) is 17.2 Å². The van der Waals surface area contributed by atoms with E-state index < -0.39 is 17.7 Å².